The van der Waals surface area contributed by atoms with Crippen molar-refractivity contribution in [3.8, 4) is 5.75 Å². The van der Waals surface area contributed by atoms with Crippen molar-refractivity contribution in [2.75, 3.05) is 13.2 Å². The van der Waals surface area contributed by atoms with Crippen molar-refractivity contribution in [1.82, 2.24) is 0 Å². The zero-order valence-electron chi connectivity index (χ0n) is 9.19. The number of carbonyl (C=O) groups is 1. The van der Waals surface area contributed by atoms with Crippen LogP contribution >= 0.6 is 15.9 Å². The monoisotopic (exact) mass is 300 g/mol. The van der Waals surface area contributed by atoms with Crippen LogP contribution in [0.5, 0.6) is 5.75 Å². The highest BCUT2D eigenvalue weighted by atomic mass is 79.9. The molecule has 1 aromatic carbocycles. The molecule has 0 aliphatic carbocycles. The summed E-state index contributed by atoms with van der Waals surface area (Å²) in [4.78, 5) is 11.0. The Bertz CT molecular complexity index is 413. The third-order valence-corrected chi connectivity index (χ3v) is 3.11. The number of halogens is 1. The van der Waals surface area contributed by atoms with E-state index in [1.54, 1.807) is 12.1 Å². The van der Waals surface area contributed by atoms with Crippen LogP contribution in [-0.4, -0.2) is 30.4 Å². The van der Waals surface area contributed by atoms with E-state index in [0.717, 1.165) is 23.9 Å². The molecule has 0 bridgehead atoms. The average molecular weight is 301 g/mol. The van der Waals surface area contributed by atoms with E-state index in [4.69, 9.17) is 14.6 Å². The summed E-state index contributed by atoms with van der Waals surface area (Å²) < 4.78 is 11.6. The molecule has 4 nitrogen and oxygen atoms in total. The fraction of sp³-hybridized carbons (Fsp3) is 0.417. The minimum atomic E-state index is -0.992. The standard InChI is InChI=1S/C12H13BrO4/c13-8-3-4-11(10(6-8)12(14)15)17-7-9-2-1-5-16-9/h3-4,6,9H,1-2,5,7H2,(H,14,15). The molecular formula is C12H13BrO4. The van der Waals surface area contributed by atoms with Crippen molar-refractivity contribution in [2.45, 2.75) is 18.9 Å². The number of hydrogen-bond acceptors (Lipinski definition) is 3. The van der Waals surface area contributed by atoms with Gasteiger partial charge < -0.3 is 14.6 Å². The van der Waals surface area contributed by atoms with E-state index in [1.165, 1.54) is 6.07 Å². The Hall–Kier alpha value is -1.07. The van der Waals surface area contributed by atoms with E-state index in [2.05, 4.69) is 15.9 Å². The summed E-state index contributed by atoms with van der Waals surface area (Å²) in [6.07, 6.45) is 2.10. The molecule has 0 spiro atoms. The molecule has 1 N–H and O–H groups in total. The molecule has 0 amide bonds. The van der Waals surface area contributed by atoms with Gasteiger partial charge in [-0.1, -0.05) is 15.9 Å². The first-order valence-electron chi connectivity index (χ1n) is 5.44. The smallest absolute Gasteiger partial charge is 0.339 e. The molecule has 1 aliphatic rings. The molecule has 1 fully saturated rings. The summed E-state index contributed by atoms with van der Waals surface area (Å²) in [5.41, 5.74) is 0.164. The molecule has 0 saturated carbocycles. The van der Waals surface area contributed by atoms with Crippen LogP contribution in [0.3, 0.4) is 0 Å². The van der Waals surface area contributed by atoms with Gasteiger partial charge in [0.05, 0.1) is 6.10 Å². The number of hydrogen-bond donors (Lipinski definition) is 1. The fourth-order valence-electron chi connectivity index (χ4n) is 1.75. The van der Waals surface area contributed by atoms with Crippen LogP contribution < -0.4 is 4.74 Å². The second-order valence-electron chi connectivity index (χ2n) is 3.89. The summed E-state index contributed by atoms with van der Waals surface area (Å²) in [6.45, 7) is 1.17. The minimum absolute atomic E-state index is 0.0836. The second-order valence-corrected chi connectivity index (χ2v) is 4.81. The number of ether oxygens (including phenoxy) is 2. The Morgan fingerprint density at radius 2 is 2.41 bits per heavy atom. The Morgan fingerprint density at radius 1 is 1.59 bits per heavy atom. The van der Waals surface area contributed by atoms with Crippen LogP contribution in [0, 0.1) is 0 Å². The van der Waals surface area contributed by atoms with Gasteiger partial charge in [0.25, 0.3) is 0 Å². The van der Waals surface area contributed by atoms with Gasteiger partial charge >= 0.3 is 5.97 Å². The Balaban J connectivity index is 2.06. The maximum Gasteiger partial charge on any atom is 0.339 e. The largest absolute Gasteiger partial charge is 0.490 e. The maximum atomic E-state index is 11.0. The van der Waals surface area contributed by atoms with E-state index in [0.29, 0.717) is 12.4 Å². The van der Waals surface area contributed by atoms with Crippen LogP contribution in [0.2, 0.25) is 0 Å². The predicted octanol–water partition coefficient (Wildman–Crippen LogP) is 2.71. The van der Waals surface area contributed by atoms with E-state index in [1.807, 2.05) is 0 Å². The number of carboxylic acid groups (broad SMARTS) is 1. The van der Waals surface area contributed by atoms with Crippen molar-refractivity contribution >= 4 is 21.9 Å². The maximum absolute atomic E-state index is 11.0. The topological polar surface area (TPSA) is 55.8 Å². The van der Waals surface area contributed by atoms with Crippen LogP contribution in [0.15, 0.2) is 22.7 Å². The summed E-state index contributed by atoms with van der Waals surface area (Å²) in [5, 5.41) is 9.05. The van der Waals surface area contributed by atoms with Gasteiger partial charge in [0.1, 0.15) is 17.9 Å². The van der Waals surface area contributed by atoms with Gasteiger partial charge in [-0.05, 0) is 31.0 Å². The lowest BCUT2D eigenvalue weighted by molar-refractivity contribution is 0.0629. The number of rotatable bonds is 4. The molecule has 1 heterocycles. The van der Waals surface area contributed by atoms with Gasteiger partial charge in [0.15, 0.2) is 0 Å². The zero-order valence-corrected chi connectivity index (χ0v) is 10.8. The Morgan fingerprint density at radius 3 is 3.06 bits per heavy atom. The first kappa shape index (κ1) is 12.4. The van der Waals surface area contributed by atoms with Crippen LogP contribution in [0.1, 0.15) is 23.2 Å². The van der Waals surface area contributed by atoms with Crippen molar-refractivity contribution in [3.63, 3.8) is 0 Å². The Labute approximate surface area is 108 Å². The molecule has 1 aromatic rings. The highest BCUT2D eigenvalue weighted by molar-refractivity contribution is 9.10. The quantitative estimate of drug-likeness (QED) is 0.929. The lowest BCUT2D eigenvalue weighted by atomic mass is 10.2. The summed E-state index contributed by atoms with van der Waals surface area (Å²) in [5.74, 6) is -0.607. The minimum Gasteiger partial charge on any atom is -0.490 e. The molecule has 1 aliphatic heterocycles. The van der Waals surface area contributed by atoms with Gasteiger partial charge in [-0.3, -0.25) is 0 Å². The molecule has 2 rings (SSSR count). The first-order chi connectivity index (χ1) is 8.16. The summed E-state index contributed by atoms with van der Waals surface area (Å²) in [6, 6.07) is 4.95. The SMILES string of the molecule is O=C(O)c1cc(Br)ccc1OCC1CCCO1. The fourth-order valence-corrected chi connectivity index (χ4v) is 2.11. The summed E-state index contributed by atoms with van der Waals surface area (Å²) in [7, 11) is 0. The molecular weight excluding hydrogens is 288 g/mol. The van der Waals surface area contributed by atoms with Crippen molar-refractivity contribution in [1.29, 1.82) is 0 Å². The second kappa shape index (κ2) is 5.51. The molecule has 1 saturated heterocycles. The lowest BCUT2D eigenvalue weighted by Crippen LogP contribution is -2.17. The Kier molecular flexibility index (Phi) is 4.02. The third kappa shape index (κ3) is 3.20. The lowest BCUT2D eigenvalue weighted by Gasteiger charge is -2.13. The van der Waals surface area contributed by atoms with Crippen LogP contribution in [-0.2, 0) is 4.74 Å². The molecule has 92 valence electrons. The molecule has 0 radical (unpaired) electrons. The number of carboxylic acids is 1. The zero-order chi connectivity index (χ0) is 12.3. The summed E-state index contributed by atoms with van der Waals surface area (Å²) >= 11 is 3.24. The van der Waals surface area contributed by atoms with Crippen molar-refractivity contribution in [2.24, 2.45) is 0 Å². The normalized spacial score (nSPS) is 19.2. The molecule has 1 atom stereocenters. The van der Waals surface area contributed by atoms with Gasteiger partial charge in [-0.25, -0.2) is 4.79 Å². The van der Waals surface area contributed by atoms with Crippen molar-refractivity contribution in [3.05, 3.63) is 28.2 Å². The van der Waals surface area contributed by atoms with Gasteiger partial charge in [0.2, 0.25) is 0 Å². The van der Waals surface area contributed by atoms with Gasteiger partial charge in [-0.15, -0.1) is 0 Å². The van der Waals surface area contributed by atoms with Crippen LogP contribution in [0.4, 0.5) is 0 Å². The first-order valence-corrected chi connectivity index (χ1v) is 6.23. The average Bonchev–Trinajstić information content (AvgIpc) is 2.80. The highest BCUT2D eigenvalue weighted by Gasteiger charge is 2.18. The molecule has 17 heavy (non-hydrogen) atoms. The van der Waals surface area contributed by atoms with Gasteiger partial charge in [0, 0.05) is 11.1 Å². The number of aromatic carboxylic acids is 1. The van der Waals surface area contributed by atoms with E-state index >= 15 is 0 Å². The third-order valence-electron chi connectivity index (χ3n) is 2.62. The predicted molar refractivity (Wildman–Crippen MR) is 65.6 cm³/mol. The molecule has 0 aromatic heterocycles. The van der Waals surface area contributed by atoms with E-state index in [9.17, 15) is 4.79 Å². The van der Waals surface area contributed by atoms with E-state index in [-0.39, 0.29) is 11.7 Å². The van der Waals surface area contributed by atoms with Crippen LogP contribution in [0.25, 0.3) is 0 Å². The van der Waals surface area contributed by atoms with E-state index < -0.39 is 5.97 Å². The molecule has 1 unspecified atom stereocenters. The van der Waals surface area contributed by atoms with Gasteiger partial charge in [-0.2, -0.15) is 0 Å². The number of benzene rings is 1. The highest BCUT2D eigenvalue weighted by Crippen LogP contribution is 2.24. The van der Waals surface area contributed by atoms with Crippen molar-refractivity contribution < 1.29 is 19.4 Å². The molecule has 5 heteroatoms.